The van der Waals surface area contributed by atoms with Gasteiger partial charge in [0.2, 0.25) is 0 Å². The van der Waals surface area contributed by atoms with E-state index in [1.54, 1.807) is 23.5 Å². The zero-order chi connectivity index (χ0) is 12.1. The Balaban J connectivity index is 3.09. The van der Waals surface area contributed by atoms with Crippen molar-refractivity contribution in [2.45, 2.75) is 29.1 Å². The van der Waals surface area contributed by atoms with Crippen molar-refractivity contribution in [3.63, 3.8) is 0 Å². The molecule has 0 heterocycles. The fourth-order valence-corrected chi connectivity index (χ4v) is 4.30. The molecule has 0 bridgehead atoms. The molecule has 0 aromatic heterocycles. The molecule has 1 unspecified atom stereocenters. The van der Waals surface area contributed by atoms with Crippen molar-refractivity contribution in [2.75, 3.05) is 19.1 Å². The van der Waals surface area contributed by atoms with Crippen molar-refractivity contribution in [2.24, 2.45) is 5.73 Å². The SMILES string of the molecule is CSc1cc(C(C)CCN)cc(Br)c1SC. The van der Waals surface area contributed by atoms with Crippen LogP contribution < -0.4 is 5.73 Å². The van der Waals surface area contributed by atoms with E-state index in [9.17, 15) is 0 Å². The van der Waals surface area contributed by atoms with Crippen LogP contribution in [-0.4, -0.2) is 19.1 Å². The summed E-state index contributed by atoms with van der Waals surface area (Å²) in [4.78, 5) is 2.68. The standard InChI is InChI=1S/C12H18BrNS2/c1-8(4-5-14)9-6-10(13)12(16-3)11(7-9)15-2/h6-8H,4-5,14H2,1-3H3. The zero-order valence-electron chi connectivity index (χ0n) is 9.92. The van der Waals surface area contributed by atoms with Gasteiger partial charge in [0.1, 0.15) is 0 Å². The molecule has 0 amide bonds. The highest BCUT2D eigenvalue weighted by atomic mass is 79.9. The minimum absolute atomic E-state index is 0.531. The molecule has 0 saturated carbocycles. The molecule has 0 radical (unpaired) electrons. The first-order valence-electron chi connectivity index (χ1n) is 5.25. The number of thioether (sulfide) groups is 2. The van der Waals surface area contributed by atoms with Crippen molar-refractivity contribution in [3.05, 3.63) is 22.2 Å². The average molecular weight is 320 g/mol. The van der Waals surface area contributed by atoms with E-state index < -0.39 is 0 Å². The summed E-state index contributed by atoms with van der Waals surface area (Å²) in [6, 6.07) is 4.52. The van der Waals surface area contributed by atoms with Crippen molar-refractivity contribution in [1.29, 1.82) is 0 Å². The van der Waals surface area contributed by atoms with Gasteiger partial charge in [-0.1, -0.05) is 6.92 Å². The van der Waals surface area contributed by atoms with Crippen molar-refractivity contribution < 1.29 is 0 Å². The summed E-state index contributed by atoms with van der Waals surface area (Å²) < 4.78 is 1.20. The topological polar surface area (TPSA) is 26.0 Å². The number of nitrogens with two attached hydrogens (primary N) is 1. The lowest BCUT2D eigenvalue weighted by molar-refractivity contribution is 0.687. The maximum atomic E-state index is 5.61. The third-order valence-corrected chi connectivity index (χ3v) is 5.25. The summed E-state index contributed by atoms with van der Waals surface area (Å²) in [7, 11) is 0. The lowest BCUT2D eigenvalue weighted by Gasteiger charge is -2.15. The zero-order valence-corrected chi connectivity index (χ0v) is 13.1. The Morgan fingerprint density at radius 2 is 2.00 bits per heavy atom. The van der Waals surface area contributed by atoms with Crippen LogP contribution in [0.5, 0.6) is 0 Å². The van der Waals surface area contributed by atoms with E-state index >= 15 is 0 Å². The molecule has 2 N–H and O–H groups in total. The second-order valence-corrected chi connectivity index (χ2v) is 6.24. The Hall–Kier alpha value is 0.360. The molecule has 0 fully saturated rings. The Morgan fingerprint density at radius 1 is 1.31 bits per heavy atom. The smallest absolute Gasteiger partial charge is 0.0348 e. The van der Waals surface area contributed by atoms with Gasteiger partial charge >= 0.3 is 0 Å². The van der Waals surface area contributed by atoms with Crippen molar-refractivity contribution >= 4 is 39.5 Å². The van der Waals surface area contributed by atoms with Gasteiger partial charge in [0.05, 0.1) is 0 Å². The van der Waals surface area contributed by atoms with Crippen LogP contribution in [0.1, 0.15) is 24.8 Å². The fourth-order valence-electron chi connectivity index (χ4n) is 1.64. The molecule has 0 aliphatic heterocycles. The van der Waals surface area contributed by atoms with Gasteiger partial charge in [0, 0.05) is 14.3 Å². The van der Waals surface area contributed by atoms with Crippen LogP contribution in [0.2, 0.25) is 0 Å². The third-order valence-electron chi connectivity index (χ3n) is 2.62. The lowest BCUT2D eigenvalue weighted by Crippen LogP contribution is -2.04. The van der Waals surface area contributed by atoms with Crippen LogP contribution in [0.4, 0.5) is 0 Å². The van der Waals surface area contributed by atoms with Crippen molar-refractivity contribution in [1.82, 2.24) is 0 Å². The van der Waals surface area contributed by atoms with Gasteiger partial charge < -0.3 is 5.73 Å². The molecule has 4 heteroatoms. The largest absolute Gasteiger partial charge is 0.330 e. The van der Waals surface area contributed by atoms with Gasteiger partial charge in [-0.2, -0.15) is 0 Å². The highest BCUT2D eigenvalue weighted by Crippen LogP contribution is 2.37. The summed E-state index contributed by atoms with van der Waals surface area (Å²) in [5.41, 5.74) is 6.98. The first-order valence-corrected chi connectivity index (χ1v) is 8.49. The Morgan fingerprint density at radius 3 is 2.50 bits per heavy atom. The highest BCUT2D eigenvalue weighted by molar-refractivity contribution is 9.10. The van der Waals surface area contributed by atoms with Gasteiger partial charge in [-0.3, -0.25) is 0 Å². The van der Waals surface area contributed by atoms with Gasteiger partial charge in [0.15, 0.2) is 0 Å². The number of hydrogen-bond donors (Lipinski definition) is 1. The average Bonchev–Trinajstić information content (AvgIpc) is 2.28. The van der Waals surface area contributed by atoms with Crippen LogP contribution in [0, 0.1) is 0 Å². The van der Waals surface area contributed by atoms with E-state index in [2.05, 4.69) is 47.5 Å². The Kier molecular flexibility index (Phi) is 6.26. The molecule has 1 aromatic carbocycles. The van der Waals surface area contributed by atoms with Gasteiger partial charge in [-0.05, 0) is 65.0 Å². The summed E-state index contributed by atoms with van der Waals surface area (Å²) in [5.74, 6) is 0.531. The van der Waals surface area contributed by atoms with Gasteiger partial charge in [0.25, 0.3) is 0 Å². The molecule has 1 rings (SSSR count). The summed E-state index contributed by atoms with van der Waals surface area (Å²) >= 11 is 7.24. The molecule has 1 aromatic rings. The summed E-state index contributed by atoms with van der Waals surface area (Å²) in [6.45, 7) is 2.98. The van der Waals surface area contributed by atoms with Gasteiger partial charge in [-0.25, -0.2) is 0 Å². The first kappa shape index (κ1) is 14.4. The minimum atomic E-state index is 0.531. The normalized spacial score (nSPS) is 12.8. The van der Waals surface area contributed by atoms with Crippen LogP contribution in [0.25, 0.3) is 0 Å². The lowest BCUT2D eigenvalue weighted by atomic mass is 9.98. The predicted octanol–water partition coefficient (Wildman–Crippen LogP) is 4.35. The number of halogens is 1. The van der Waals surface area contributed by atoms with E-state index in [0.29, 0.717) is 5.92 Å². The quantitative estimate of drug-likeness (QED) is 0.817. The molecule has 0 aliphatic carbocycles. The van der Waals surface area contributed by atoms with Crippen LogP contribution >= 0.6 is 39.5 Å². The van der Waals surface area contributed by atoms with Crippen molar-refractivity contribution in [3.8, 4) is 0 Å². The molecular weight excluding hydrogens is 302 g/mol. The van der Waals surface area contributed by atoms with Crippen LogP contribution in [0.15, 0.2) is 26.4 Å². The molecule has 0 spiro atoms. The number of rotatable bonds is 5. The molecule has 1 atom stereocenters. The number of hydrogen-bond acceptors (Lipinski definition) is 3. The van der Waals surface area contributed by atoms with Crippen LogP contribution in [0.3, 0.4) is 0 Å². The highest BCUT2D eigenvalue weighted by Gasteiger charge is 2.11. The van der Waals surface area contributed by atoms with Crippen LogP contribution in [-0.2, 0) is 0 Å². The Labute approximate surface area is 115 Å². The van der Waals surface area contributed by atoms with E-state index in [-0.39, 0.29) is 0 Å². The monoisotopic (exact) mass is 319 g/mol. The summed E-state index contributed by atoms with van der Waals surface area (Å²) in [5, 5.41) is 0. The van der Waals surface area contributed by atoms with E-state index in [4.69, 9.17) is 5.73 Å². The first-order chi connectivity index (χ1) is 7.63. The molecule has 0 saturated heterocycles. The predicted molar refractivity (Wildman–Crippen MR) is 79.8 cm³/mol. The maximum Gasteiger partial charge on any atom is 0.0348 e. The summed E-state index contributed by atoms with van der Waals surface area (Å²) in [6.07, 6.45) is 5.28. The molecule has 90 valence electrons. The minimum Gasteiger partial charge on any atom is -0.330 e. The third kappa shape index (κ3) is 3.42. The number of benzene rings is 1. The Bertz CT molecular complexity index is 355. The van der Waals surface area contributed by atoms with Gasteiger partial charge in [-0.15, -0.1) is 23.5 Å². The second-order valence-electron chi connectivity index (χ2n) is 3.72. The van der Waals surface area contributed by atoms with E-state index in [0.717, 1.165) is 13.0 Å². The van der Waals surface area contributed by atoms with E-state index in [1.165, 1.54) is 19.8 Å². The second kappa shape index (κ2) is 6.94. The fraction of sp³-hybridized carbons (Fsp3) is 0.500. The molecule has 16 heavy (non-hydrogen) atoms. The molecular formula is C12H18BrNS2. The molecule has 1 nitrogen and oxygen atoms in total. The molecule has 0 aliphatic rings. The maximum absolute atomic E-state index is 5.61. The van der Waals surface area contributed by atoms with E-state index in [1.807, 2.05) is 0 Å².